The number of hydrogen-bond donors (Lipinski definition) is 2. The van der Waals surface area contributed by atoms with Gasteiger partial charge in [0, 0.05) is 6.92 Å². The zero-order valence-electron chi connectivity index (χ0n) is 6.52. The number of aliphatic hydroxyl groups is 2. The Balaban J connectivity index is 4.57. The van der Waals surface area contributed by atoms with Crippen LogP contribution >= 0.6 is 0 Å². The Morgan fingerprint density at radius 3 is 2.45 bits per heavy atom. The van der Waals surface area contributed by atoms with Gasteiger partial charge in [0.15, 0.2) is 16.8 Å². The molecule has 4 heteroatoms. The third-order valence-electron chi connectivity index (χ3n) is 1.13. The predicted octanol–water partition coefficient (Wildman–Crippen LogP) is 1.57. The first kappa shape index (κ1) is 9.66. The molecule has 60 valence electrons. The molecule has 4 nitrogen and oxygen atoms in total. The summed E-state index contributed by atoms with van der Waals surface area (Å²) >= 11 is 0. The quantitative estimate of drug-likeness (QED) is 0.361. The smallest absolute Gasteiger partial charge is 0.429 e. The molecule has 1 unspecified atom stereocenters. The minimum atomic E-state index is -1.05. The lowest BCUT2D eigenvalue weighted by Gasteiger charge is -1.92. The van der Waals surface area contributed by atoms with Crippen LogP contribution in [0.3, 0.4) is 0 Å². The molecule has 0 aromatic rings. The number of rotatable bonds is 2. The molecule has 0 aromatic heterocycles. The van der Waals surface area contributed by atoms with Gasteiger partial charge in [-0.3, -0.25) is 0 Å². The molecule has 1 atom stereocenters. The zero-order valence-corrected chi connectivity index (χ0v) is 6.52. The van der Waals surface area contributed by atoms with Crippen LogP contribution in [0.4, 0.5) is 0 Å². The van der Waals surface area contributed by atoms with E-state index in [0.29, 0.717) is 0 Å². The van der Waals surface area contributed by atoms with Crippen molar-refractivity contribution < 1.29 is 10.2 Å². The zero-order chi connectivity index (χ0) is 8.85. The van der Waals surface area contributed by atoms with Gasteiger partial charge in [0.25, 0.3) is 0 Å². The second-order valence-electron chi connectivity index (χ2n) is 2.04. The first-order valence-corrected chi connectivity index (χ1v) is 3.19. The standard InChI is InChI=1S/C7H10N2O2/c1-3-4-6(11)7(9-8)5(2)10/h3-4,6,11H,1-2H3/p+1/b4-3+,7-5+. The van der Waals surface area contributed by atoms with Gasteiger partial charge in [-0.15, -0.1) is 0 Å². The van der Waals surface area contributed by atoms with E-state index in [1.54, 1.807) is 13.0 Å². The number of hydrogen-bond acceptors (Lipinski definition) is 3. The van der Waals surface area contributed by atoms with E-state index in [2.05, 4.69) is 4.98 Å². The fraction of sp³-hybridized carbons (Fsp3) is 0.429. The van der Waals surface area contributed by atoms with E-state index in [1.165, 1.54) is 13.0 Å². The van der Waals surface area contributed by atoms with Gasteiger partial charge in [-0.2, -0.15) is 0 Å². The lowest BCUT2D eigenvalue weighted by atomic mass is 10.2. The fourth-order valence-electron chi connectivity index (χ4n) is 0.619. The van der Waals surface area contributed by atoms with Crippen LogP contribution in [-0.2, 0) is 0 Å². The van der Waals surface area contributed by atoms with Crippen molar-refractivity contribution in [2.75, 3.05) is 0 Å². The Bertz CT molecular complexity index is 221. The van der Waals surface area contributed by atoms with Crippen LogP contribution in [0.5, 0.6) is 0 Å². The maximum Gasteiger partial charge on any atom is 0.429 e. The van der Waals surface area contributed by atoms with Crippen LogP contribution in [-0.4, -0.2) is 16.3 Å². The van der Waals surface area contributed by atoms with E-state index < -0.39 is 6.10 Å². The molecule has 0 aliphatic rings. The lowest BCUT2D eigenvalue weighted by molar-refractivity contribution is 0.252. The molecule has 0 aliphatic heterocycles. The molecule has 0 bridgehead atoms. The monoisotopic (exact) mass is 155 g/mol. The lowest BCUT2D eigenvalue weighted by Crippen LogP contribution is -2.05. The summed E-state index contributed by atoms with van der Waals surface area (Å²) in [5.41, 5.74) is -0.136. The second kappa shape index (κ2) is 4.47. The summed E-state index contributed by atoms with van der Waals surface area (Å²) in [5, 5.41) is 26.3. The molecular weight excluding hydrogens is 144 g/mol. The fourth-order valence-corrected chi connectivity index (χ4v) is 0.619. The van der Waals surface area contributed by atoms with Crippen LogP contribution in [0.25, 0.3) is 4.98 Å². The average molecular weight is 155 g/mol. The molecule has 0 rings (SSSR count). The van der Waals surface area contributed by atoms with Crippen LogP contribution in [0.1, 0.15) is 13.8 Å². The molecular formula is C7H11N2O2+. The van der Waals surface area contributed by atoms with Gasteiger partial charge in [-0.1, -0.05) is 6.08 Å². The topological polar surface area (TPSA) is 68.6 Å². The number of allylic oxidation sites excluding steroid dienone is 2. The van der Waals surface area contributed by atoms with Crippen LogP contribution < -0.4 is 0 Å². The molecule has 0 aromatic carbocycles. The summed E-state index contributed by atoms with van der Waals surface area (Å²) in [7, 11) is 0. The average Bonchev–Trinajstić information content (AvgIpc) is 1.88. The van der Waals surface area contributed by atoms with E-state index in [-0.39, 0.29) is 11.5 Å². The largest absolute Gasteiger partial charge is 0.505 e. The van der Waals surface area contributed by atoms with Crippen molar-refractivity contribution in [2.24, 2.45) is 0 Å². The van der Waals surface area contributed by atoms with Gasteiger partial charge >= 0.3 is 5.70 Å². The SMILES string of the molecule is C/C=C/C(O)/C([N+]#N)=C(/C)O. The molecule has 2 N–H and O–H groups in total. The van der Waals surface area contributed by atoms with E-state index in [9.17, 15) is 0 Å². The van der Waals surface area contributed by atoms with Crippen molar-refractivity contribution >= 4 is 0 Å². The Hall–Kier alpha value is -1.34. The highest BCUT2D eigenvalue weighted by atomic mass is 16.3. The summed E-state index contributed by atoms with van der Waals surface area (Å²) < 4.78 is 0. The molecule has 0 amide bonds. The highest BCUT2D eigenvalue weighted by Gasteiger charge is 2.23. The van der Waals surface area contributed by atoms with E-state index in [0.717, 1.165) is 0 Å². The molecule has 0 saturated heterocycles. The highest BCUT2D eigenvalue weighted by molar-refractivity contribution is 5.21. The maximum atomic E-state index is 9.12. The summed E-state index contributed by atoms with van der Waals surface area (Å²) in [6.07, 6.45) is 1.95. The number of nitrogens with zero attached hydrogens (tertiary/aromatic N) is 2. The molecule has 0 spiro atoms. The van der Waals surface area contributed by atoms with Crippen molar-refractivity contribution in [3.05, 3.63) is 28.6 Å². The van der Waals surface area contributed by atoms with Gasteiger partial charge in [0.2, 0.25) is 5.39 Å². The normalized spacial score (nSPS) is 15.8. The second-order valence-corrected chi connectivity index (χ2v) is 2.04. The summed E-state index contributed by atoms with van der Waals surface area (Å²) in [6.45, 7) is 3.05. The van der Waals surface area contributed by atoms with Gasteiger partial charge in [-0.05, 0) is 13.0 Å². The van der Waals surface area contributed by atoms with Crippen LogP contribution in [0.2, 0.25) is 0 Å². The van der Waals surface area contributed by atoms with Gasteiger partial charge < -0.3 is 10.2 Å². The Kier molecular flexibility index (Phi) is 3.93. The predicted molar refractivity (Wildman–Crippen MR) is 41.2 cm³/mol. The molecule has 0 fully saturated rings. The van der Waals surface area contributed by atoms with Crippen molar-refractivity contribution in [1.82, 2.24) is 0 Å². The Labute approximate surface area is 65.1 Å². The van der Waals surface area contributed by atoms with Crippen molar-refractivity contribution in [1.29, 1.82) is 5.39 Å². The van der Waals surface area contributed by atoms with E-state index in [1.807, 2.05) is 0 Å². The summed E-state index contributed by atoms with van der Waals surface area (Å²) in [6, 6.07) is 0. The summed E-state index contributed by atoms with van der Waals surface area (Å²) in [4.78, 5) is 2.73. The van der Waals surface area contributed by atoms with Crippen LogP contribution in [0.15, 0.2) is 23.6 Å². The summed E-state index contributed by atoms with van der Waals surface area (Å²) in [5.74, 6) is -0.196. The van der Waals surface area contributed by atoms with Gasteiger partial charge in [0.05, 0.1) is 0 Å². The number of aliphatic hydroxyl groups excluding tert-OH is 2. The molecule has 0 radical (unpaired) electrons. The Morgan fingerprint density at radius 1 is 1.64 bits per heavy atom. The van der Waals surface area contributed by atoms with E-state index >= 15 is 0 Å². The molecule has 0 heterocycles. The molecule has 0 saturated carbocycles. The van der Waals surface area contributed by atoms with Crippen LogP contribution in [0, 0.1) is 5.39 Å². The highest BCUT2D eigenvalue weighted by Crippen LogP contribution is 2.09. The third-order valence-corrected chi connectivity index (χ3v) is 1.13. The van der Waals surface area contributed by atoms with Gasteiger partial charge in [0.1, 0.15) is 0 Å². The minimum Gasteiger partial charge on any atom is -0.505 e. The third kappa shape index (κ3) is 2.83. The molecule has 0 aliphatic carbocycles. The Morgan fingerprint density at radius 2 is 2.18 bits per heavy atom. The first-order chi connectivity index (χ1) is 5.13. The minimum absolute atomic E-state index is 0.136. The first-order valence-electron chi connectivity index (χ1n) is 3.19. The van der Waals surface area contributed by atoms with Crippen molar-refractivity contribution in [3.8, 4) is 0 Å². The van der Waals surface area contributed by atoms with E-state index in [4.69, 9.17) is 15.6 Å². The number of diazo groups is 1. The van der Waals surface area contributed by atoms with Crippen molar-refractivity contribution in [3.63, 3.8) is 0 Å². The van der Waals surface area contributed by atoms with Crippen molar-refractivity contribution in [2.45, 2.75) is 20.0 Å². The maximum absolute atomic E-state index is 9.12. The molecule has 11 heavy (non-hydrogen) atoms. The van der Waals surface area contributed by atoms with Gasteiger partial charge in [-0.25, -0.2) is 0 Å².